The Hall–Kier alpha value is -1.40. The van der Waals surface area contributed by atoms with E-state index in [-0.39, 0.29) is 18.4 Å². The maximum atomic E-state index is 11.9. The van der Waals surface area contributed by atoms with Crippen LogP contribution in [0.5, 0.6) is 0 Å². The number of hydrogen-bond acceptors (Lipinski definition) is 4. The van der Waals surface area contributed by atoms with Crippen molar-refractivity contribution in [3.8, 4) is 0 Å². The first-order chi connectivity index (χ1) is 9.10. The number of hydrazine groups is 1. The number of carbonyl (C=O) groups is 2. The number of thiophene rings is 1. The lowest BCUT2D eigenvalue weighted by atomic mass is 9.90. The van der Waals surface area contributed by atoms with Crippen LogP contribution >= 0.6 is 11.3 Å². The van der Waals surface area contributed by atoms with Crippen LogP contribution in [-0.4, -0.2) is 25.5 Å². The van der Waals surface area contributed by atoms with Crippen molar-refractivity contribution in [2.24, 2.45) is 5.92 Å². The highest BCUT2D eigenvalue weighted by Crippen LogP contribution is 2.31. The van der Waals surface area contributed by atoms with Crippen molar-refractivity contribution in [3.63, 3.8) is 0 Å². The molecule has 1 aromatic rings. The number of methoxy groups -OCH3 is 1. The van der Waals surface area contributed by atoms with Crippen LogP contribution in [0.4, 0.5) is 0 Å². The number of fused-ring (bicyclic) bond motifs is 1. The summed E-state index contributed by atoms with van der Waals surface area (Å²) in [6.45, 7) is 2.16. The lowest BCUT2D eigenvalue weighted by molar-refractivity contribution is -0.125. The van der Waals surface area contributed by atoms with Gasteiger partial charge in [-0.2, -0.15) is 0 Å². The molecule has 0 bridgehead atoms. The van der Waals surface area contributed by atoms with Gasteiger partial charge in [0.05, 0.1) is 4.88 Å². The van der Waals surface area contributed by atoms with Crippen LogP contribution in [0.15, 0.2) is 6.07 Å². The fraction of sp³-hybridized carbons (Fsp3) is 0.538. The molecule has 0 saturated heterocycles. The minimum absolute atomic E-state index is 0.0707. The largest absolute Gasteiger partial charge is 0.375 e. The zero-order valence-electron chi connectivity index (χ0n) is 11.1. The highest BCUT2D eigenvalue weighted by Gasteiger charge is 2.20. The second-order valence-electron chi connectivity index (χ2n) is 4.84. The van der Waals surface area contributed by atoms with E-state index in [1.807, 2.05) is 6.07 Å². The summed E-state index contributed by atoms with van der Waals surface area (Å²) in [5, 5.41) is 0. The van der Waals surface area contributed by atoms with E-state index in [1.165, 1.54) is 35.3 Å². The van der Waals surface area contributed by atoms with Gasteiger partial charge >= 0.3 is 0 Å². The Labute approximate surface area is 116 Å². The summed E-state index contributed by atoms with van der Waals surface area (Å²) in [6, 6.07) is 1.94. The van der Waals surface area contributed by atoms with Crippen LogP contribution in [0.1, 0.15) is 33.5 Å². The van der Waals surface area contributed by atoms with Crippen molar-refractivity contribution in [2.75, 3.05) is 13.7 Å². The van der Waals surface area contributed by atoms with E-state index in [0.29, 0.717) is 10.8 Å². The molecule has 0 aliphatic heterocycles. The minimum atomic E-state index is -0.370. The van der Waals surface area contributed by atoms with E-state index >= 15 is 0 Å². The van der Waals surface area contributed by atoms with Gasteiger partial charge in [0, 0.05) is 12.0 Å². The molecule has 0 aromatic carbocycles. The normalized spacial score (nSPS) is 17.7. The standard InChI is InChI=1S/C13H18N2O3S/c1-8-3-4-10-9(5-8)6-11(19-10)13(17)15-14-12(16)7-18-2/h6,8H,3-5,7H2,1-2H3,(H,14,16)(H,15,17)/t8-/m1/s1. The lowest BCUT2D eigenvalue weighted by Gasteiger charge is -2.16. The Kier molecular flexibility index (Phi) is 4.55. The number of hydrogen-bond donors (Lipinski definition) is 2. The van der Waals surface area contributed by atoms with E-state index < -0.39 is 0 Å². The van der Waals surface area contributed by atoms with E-state index in [4.69, 9.17) is 0 Å². The average molecular weight is 282 g/mol. The van der Waals surface area contributed by atoms with Gasteiger partial charge in [-0.1, -0.05) is 6.92 Å². The fourth-order valence-electron chi connectivity index (χ4n) is 2.17. The Bertz CT molecular complexity index is 484. The minimum Gasteiger partial charge on any atom is -0.375 e. The van der Waals surface area contributed by atoms with Crippen molar-refractivity contribution < 1.29 is 14.3 Å². The summed E-state index contributed by atoms with van der Waals surface area (Å²) in [5.74, 6) is 0.0433. The third kappa shape index (κ3) is 3.54. The van der Waals surface area contributed by atoms with Gasteiger partial charge in [0.2, 0.25) is 0 Å². The number of ether oxygens (including phenoxy) is 1. The molecule has 2 amide bonds. The van der Waals surface area contributed by atoms with Crippen LogP contribution in [-0.2, 0) is 22.4 Å². The van der Waals surface area contributed by atoms with Gasteiger partial charge in [0.1, 0.15) is 6.61 Å². The van der Waals surface area contributed by atoms with Crippen LogP contribution in [0.3, 0.4) is 0 Å². The zero-order chi connectivity index (χ0) is 13.8. The molecule has 1 aliphatic carbocycles. The van der Waals surface area contributed by atoms with Gasteiger partial charge in [-0.15, -0.1) is 11.3 Å². The average Bonchev–Trinajstić information content (AvgIpc) is 2.79. The van der Waals surface area contributed by atoms with E-state index in [0.717, 1.165) is 12.8 Å². The monoisotopic (exact) mass is 282 g/mol. The molecule has 0 unspecified atom stereocenters. The number of carbonyl (C=O) groups excluding carboxylic acids is 2. The number of nitrogens with one attached hydrogen (secondary N) is 2. The first-order valence-corrected chi connectivity index (χ1v) is 7.11. The molecule has 0 spiro atoms. The molecule has 1 atom stereocenters. The molecular formula is C13H18N2O3S. The van der Waals surface area contributed by atoms with Gasteiger partial charge in [-0.25, -0.2) is 0 Å². The molecule has 2 rings (SSSR count). The van der Waals surface area contributed by atoms with Crippen LogP contribution in [0.25, 0.3) is 0 Å². The first-order valence-electron chi connectivity index (χ1n) is 6.30. The molecule has 1 aromatic heterocycles. The molecule has 19 heavy (non-hydrogen) atoms. The van der Waals surface area contributed by atoms with Crippen LogP contribution < -0.4 is 10.9 Å². The third-order valence-corrected chi connectivity index (χ3v) is 4.38. The van der Waals surface area contributed by atoms with Gasteiger partial charge in [0.15, 0.2) is 0 Å². The van der Waals surface area contributed by atoms with Gasteiger partial charge in [0.25, 0.3) is 11.8 Å². The maximum absolute atomic E-state index is 11.9. The Morgan fingerprint density at radius 2 is 2.26 bits per heavy atom. The molecule has 0 fully saturated rings. The number of amides is 2. The molecule has 2 N–H and O–H groups in total. The molecule has 6 heteroatoms. The topological polar surface area (TPSA) is 67.4 Å². The first kappa shape index (κ1) is 14.0. The van der Waals surface area contributed by atoms with Crippen LogP contribution in [0.2, 0.25) is 0 Å². The maximum Gasteiger partial charge on any atom is 0.279 e. The molecule has 104 valence electrons. The fourth-order valence-corrected chi connectivity index (χ4v) is 3.28. The Morgan fingerprint density at radius 1 is 1.47 bits per heavy atom. The van der Waals surface area contributed by atoms with Gasteiger partial charge in [-0.3, -0.25) is 20.4 Å². The lowest BCUT2D eigenvalue weighted by Crippen LogP contribution is -2.42. The molecule has 1 aliphatic rings. The predicted octanol–water partition coefficient (Wildman–Crippen LogP) is 1.28. The second kappa shape index (κ2) is 6.16. The Balaban J connectivity index is 1.95. The Morgan fingerprint density at radius 3 is 3.00 bits per heavy atom. The molecule has 5 nitrogen and oxygen atoms in total. The van der Waals surface area contributed by atoms with Crippen molar-refractivity contribution in [1.82, 2.24) is 10.9 Å². The van der Waals surface area contributed by atoms with Crippen molar-refractivity contribution in [1.29, 1.82) is 0 Å². The smallest absolute Gasteiger partial charge is 0.279 e. The zero-order valence-corrected chi connectivity index (χ0v) is 11.9. The summed E-state index contributed by atoms with van der Waals surface area (Å²) >= 11 is 1.52. The van der Waals surface area contributed by atoms with Crippen molar-refractivity contribution in [3.05, 3.63) is 21.4 Å². The summed E-state index contributed by atoms with van der Waals surface area (Å²) in [5.41, 5.74) is 5.99. The van der Waals surface area contributed by atoms with E-state index in [1.54, 1.807) is 0 Å². The highest BCUT2D eigenvalue weighted by molar-refractivity contribution is 7.14. The number of rotatable bonds is 3. The highest BCUT2D eigenvalue weighted by atomic mass is 32.1. The van der Waals surface area contributed by atoms with E-state index in [9.17, 15) is 9.59 Å². The predicted molar refractivity (Wildman–Crippen MR) is 73.0 cm³/mol. The van der Waals surface area contributed by atoms with Gasteiger partial charge in [-0.05, 0) is 36.8 Å². The third-order valence-electron chi connectivity index (χ3n) is 3.14. The van der Waals surface area contributed by atoms with Crippen molar-refractivity contribution >= 4 is 23.2 Å². The summed E-state index contributed by atoms with van der Waals surface area (Å²) in [4.78, 5) is 25.0. The molecule has 0 saturated carbocycles. The number of aryl methyl sites for hydroxylation is 1. The van der Waals surface area contributed by atoms with Gasteiger partial charge < -0.3 is 4.74 Å². The quantitative estimate of drug-likeness (QED) is 0.821. The molecule has 1 heterocycles. The summed E-state index contributed by atoms with van der Waals surface area (Å²) in [6.07, 6.45) is 3.26. The van der Waals surface area contributed by atoms with E-state index in [2.05, 4.69) is 22.5 Å². The molecule has 0 radical (unpaired) electrons. The van der Waals surface area contributed by atoms with Crippen molar-refractivity contribution in [2.45, 2.75) is 26.2 Å². The summed E-state index contributed by atoms with van der Waals surface area (Å²) in [7, 11) is 1.43. The second-order valence-corrected chi connectivity index (χ2v) is 5.98. The molecular weight excluding hydrogens is 264 g/mol. The summed E-state index contributed by atoms with van der Waals surface area (Å²) < 4.78 is 4.66. The SMILES string of the molecule is COCC(=O)NNC(=O)c1cc2c(s1)CC[C@@H](C)C2. The van der Waals surface area contributed by atoms with Crippen LogP contribution in [0, 0.1) is 5.92 Å².